The Balaban J connectivity index is 1.47. The Morgan fingerprint density at radius 1 is 0.967 bits per heavy atom. The van der Waals surface area contributed by atoms with Crippen LogP contribution in [0.15, 0.2) is 53.9 Å². The van der Waals surface area contributed by atoms with Crippen LogP contribution >= 0.6 is 11.3 Å². The molecule has 0 spiro atoms. The van der Waals surface area contributed by atoms with Crippen molar-refractivity contribution in [3.05, 3.63) is 59.6 Å². The summed E-state index contributed by atoms with van der Waals surface area (Å²) in [6, 6.07) is 13.8. The van der Waals surface area contributed by atoms with Gasteiger partial charge < -0.3 is 20.1 Å². The predicted octanol–water partition coefficient (Wildman–Crippen LogP) is 4.38. The molecule has 0 aliphatic carbocycles. The molecule has 156 valence electrons. The Morgan fingerprint density at radius 2 is 1.73 bits per heavy atom. The second-order valence-corrected chi connectivity index (χ2v) is 7.06. The number of hydrogen-bond acceptors (Lipinski definition) is 6. The first-order valence-electron chi connectivity index (χ1n) is 9.16. The van der Waals surface area contributed by atoms with Gasteiger partial charge >= 0.3 is 6.03 Å². The van der Waals surface area contributed by atoms with Crippen LogP contribution in [-0.2, 0) is 11.2 Å². The standard InChI is InChI=1S/C21H22N4O4S/c1-28-16-10-7-14(8-11-16)22-20(27)25-21-23-15(13-30-21)9-12-19(26)24-17-5-3-4-6-18(17)29-2/h3-8,10-11,13H,9,12H2,1-2H3,(H,24,26)(H2,22,23,25,27). The minimum atomic E-state index is -0.394. The number of carbonyl (C=O) groups is 2. The van der Waals surface area contributed by atoms with E-state index in [2.05, 4.69) is 20.9 Å². The maximum absolute atomic E-state index is 12.2. The van der Waals surface area contributed by atoms with Crippen LogP contribution in [-0.4, -0.2) is 31.1 Å². The first-order chi connectivity index (χ1) is 14.6. The summed E-state index contributed by atoms with van der Waals surface area (Å²) >= 11 is 1.30. The number of methoxy groups -OCH3 is 2. The third-order valence-electron chi connectivity index (χ3n) is 4.11. The molecule has 3 N–H and O–H groups in total. The molecular formula is C21H22N4O4S. The fourth-order valence-electron chi connectivity index (χ4n) is 2.62. The largest absolute Gasteiger partial charge is 0.497 e. The van der Waals surface area contributed by atoms with Crippen LogP contribution in [0.25, 0.3) is 0 Å². The van der Waals surface area contributed by atoms with Crippen LogP contribution in [0.1, 0.15) is 12.1 Å². The van der Waals surface area contributed by atoms with Gasteiger partial charge in [-0.25, -0.2) is 9.78 Å². The van der Waals surface area contributed by atoms with Crippen LogP contribution in [0.5, 0.6) is 11.5 Å². The third kappa shape index (κ3) is 5.95. The van der Waals surface area contributed by atoms with Gasteiger partial charge in [0.25, 0.3) is 0 Å². The summed E-state index contributed by atoms with van der Waals surface area (Å²) < 4.78 is 10.3. The first kappa shape index (κ1) is 21.1. The van der Waals surface area contributed by atoms with E-state index in [9.17, 15) is 9.59 Å². The molecular weight excluding hydrogens is 404 g/mol. The molecule has 3 rings (SSSR count). The van der Waals surface area contributed by atoms with Crippen molar-refractivity contribution in [2.75, 3.05) is 30.2 Å². The number of aromatic nitrogens is 1. The summed E-state index contributed by atoms with van der Waals surface area (Å²) in [5.74, 6) is 1.17. The molecule has 8 nitrogen and oxygen atoms in total. The summed E-state index contributed by atoms with van der Waals surface area (Å²) in [5.41, 5.74) is 1.99. The Labute approximate surface area is 178 Å². The number of rotatable bonds is 8. The lowest BCUT2D eigenvalue weighted by Gasteiger charge is -2.09. The molecule has 0 aliphatic rings. The number of nitrogens with zero attached hydrogens (tertiary/aromatic N) is 1. The smallest absolute Gasteiger partial charge is 0.325 e. The van der Waals surface area contributed by atoms with E-state index in [1.165, 1.54) is 11.3 Å². The lowest BCUT2D eigenvalue weighted by molar-refractivity contribution is -0.116. The van der Waals surface area contributed by atoms with Crippen LogP contribution < -0.4 is 25.4 Å². The molecule has 3 amide bonds. The van der Waals surface area contributed by atoms with Gasteiger partial charge in [-0.15, -0.1) is 11.3 Å². The van der Waals surface area contributed by atoms with Crippen molar-refractivity contribution in [1.29, 1.82) is 0 Å². The number of anilines is 3. The van der Waals surface area contributed by atoms with Gasteiger partial charge in [-0.2, -0.15) is 0 Å². The quantitative estimate of drug-likeness (QED) is 0.496. The predicted molar refractivity (Wildman–Crippen MR) is 118 cm³/mol. The number of ether oxygens (including phenoxy) is 2. The molecule has 0 unspecified atom stereocenters. The van der Waals surface area contributed by atoms with Crippen molar-refractivity contribution >= 4 is 39.8 Å². The fourth-order valence-corrected chi connectivity index (χ4v) is 3.36. The van der Waals surface area contributed by atoms with E-state index in [4.69, 9.17) is 9.47 Å². The number of carbonyl (C=O) groups excluding carboxylic acids is 2. The molecule has 0 saturated carbocycles. The fraction of sp³-hybridized carbons (Fsp3) is 0.190. The summed E-state index contributed by atoms with van der Waals surface area (Å²) in [6.07, 6.45) is 0.721. The van der Waals surface area contributed by atoms with Crippen LogP contribution in [0.3, 0.4) is 0 Å². The molecule has 0 fully saturated rings. The lowest BCUT2D eigenvalue weighted by atomic mass is 10.2. The lowest BCUT2D eigenvalue weighted by Crippen LogP contribution is -2.19. The van der Waals surface area contributed by atoms with Gasteiger partial charge in [-0.1, -0.05) is 12.1 Å². The van der Waals surface area contributed by atoms with E-state index < -0.39 is 6.03 Å². The molecule has 0 radical (unpaired) electrons. The number of benzene rings is 2. The Hall–Kier alpha value is -3.59. The van der Waals surface area contributed by atoms with Crippen molar-refractivity contribution in [2.24, 2.45) is 0 Å². The second kappa shape index (κ2) is 10.3. The third-order valence-corrected chi connectivity index (χ3v) is 4.92. The monoisotopic (exact) mass is 426 g/mol. The zero-order valence-corrected chi connectivity index (χ0v) is 17.4. The SMILES string of the molecule is COc1ccc(NC(=O)Nc2nc(CCC(=O)Nc3ccccc3OC)cs2)cc1. The number of para-hydroxylation sites is 2. The van der Waals surface area contributed by atoms with Gasteiger partial charge in [0.05, 0.1) is 25.6 Å². The van der Waals surface area contributed by atoms with E-state index in [1.54, 1.807) is 50.6 Å². The highest BCUT2D eigenvalue weighted by atomic mass is 32.1. The highest BCUT2D eigenvalue weighted by molar-refractivity contribution is 7.13. The average molecular weight is 426 g/mol. The maximum atomic E-state index is 12.2. The van der Waals surface area contributed by atoms with E-state index in [0.717, 1.165) is 5.69 Å². The molecule has 3 aromatic rings. The van der Waals surface area contributed by atoms with Crippen molar-refractivity contribution in [2.45, 2.75) is 12.8 Å². The summed E-state index contributed by atoms with van der Waals surface area (Å²) in [4.78, 5) is 28.7. The van der Waals surface area contributed by atoms with Crippen LogP contribution in [0, 0.1) is 0 Å². The highest BCUT2D eigenvalue weighted by Crippen LogP contribution is 2.23. The zero-order valence-electron chi connectivity index (χ0n) is 16.6. The molecule has 0 aliphatic heterocycles. The number of thiazole rings is 1. The van der Waals surface area contributed by atoms with Gasteiger partial charge in [0.15, 0.2) is 5.13 Å². The van der Waals surface area contributed by atoms with Gasteiger partial charge in [0.1, 0.15) is 11.5 Å². The molecule has 0 bridgehead atoms. The minimum absolute atomic E-state index is 0.140. The van der Waals surface area contributed by atoms with Gasteiger partial charge in [0.2, 0.25) is 5.91 Å². The number of amides is 3. The summed E-state index contributed by atoms with van der Waals surface area (Å²) in [6.45, 7) is 0. The number of hydrogen-bond donors (Lipinski definition) is 3. The van der Waals surface area contributed by atoms with Crippen LogP contribution in [0.4, 0.5) is 21.3 Å². The maximum Gasteiger partial charge on any atom is 0.325 e. The molecule has 9 heteroatoms. The van der Waals surface area contributed by atoms with Crippen molar-refractivity contribution < 1.29 is 19.1 Å². The second-order valence-electron chi connectivity index (χ2n) is 6.20. The topological polar surface area (TPSA) is 102 Å². The van der Waals surface area contributed by atoms with Crippen molar-refractivity contribution in [1.82, 2.24) is 4.98 Å². The van der Waals surface area contributed by atoms with Crippen molar-refractivity contribution in [3.8, 4) is 11.5 Å². The molecule has 30 heavy (non-hydrogen) atoms. The number of nitrogens with one attached hydrogen (secondary N) is 3. The van der Waals surface area contributed by atoms with E-state index in [1.807, 2.05) is 17.5 Å². The zero-order chi connectivity index (χ0) is 21.3. The first-order valence-corrected chi connectivity index (χ1v) is 10.0. The minimum Gasteiger partial charge on any atom is -0.497 e. The molecule has 2 aromatic carbocycles. The molecule has 0 atom stereocenters. The summed E-state index contributed by atoms with van der Waals surface area (Å²) in [5, 5.41) is 10.5. The number of aryl methyl sites for hydroxylation is 1. The molecule has 1 aromatic heterocycles. The van der Waals surface area contributed by atoms with Crippen LogP contribution in [0.2, 0.25) is 0 Å². The average Bonchev–Trinajstić information content (AvgIpc) is 3.20. The molecule has 0 saturated heterocycles. The summed E-state index contributed by atoms with van der Waals surface area (Å²) in [7, 11) is 3.14. The van der Waals surface area contributed by atoms with Crippen molar-refractivity contribution in [3.63, 3.8) is 0 Å². The van der Waals surface area contributed by atoms with E-state index in [-0.39, 0.29) is 12.3 Å². The number of urea groups is 1. The normalized spacial score (nSPS) is 10.2. The Kier molecular flexibility index (Phi) is 7.23. The van der Waals surface area contributed by atoms with Gasteiger partial charge in [0, 0.05) is 17.5 Å². The Morgan fingerprint density at radius 3 is 2.47 bits per heavy atom. The molecule has 1 heterocycles. The van der Waals surface area contributed by atoms with E-state index >= 15 is 0 Å². The highest BCUT2D eigenvalue weighted by Gasteiger charge is 2.10. The Bertz CT molecular complexity index is 1000. The van der Waals surface area contributed by atoms with Gasteiger partial charge in [-0.3, -0.25) is 10.1 Å². The van der Waals surface area contributed by atoms with E-state index in [0.29, 0.717) is 34.4 Å². The van der Waals surface area contributed by atoms with Gasteiger partial charge in [-0.05, 0) is 42.8 Å².